The summed E-state index contributed by atoms with van der Waals surface area (Å²) in [5.74, 6) is 0. The van der Waals surface area contributed by atoms with Crippen LogP contribution in [0.15, 0.2) is 27.6 Å². The molecule has 0 atom stereocenters. The van der Waals surface area contributed by atoms with Gasteiger partial charge in [0.25, 0.3) is 0 Å². The first-order valence-electron chi connectivity index (χ1n) is 7.13. The molecule has 1 aromatic rings. The van der Waals surface area contributed by atoms with E-state index in [1.807, 2.05) is 26.1 Å². The van der Waals surface area contributed by atoms with E-state index in [4.69, 9.17) is 0 Å². The standard InChI is InChI=1S/C14H22BrN3O2S/c1-3-16-11-12-4-5-14(13(15)10-12)21(19,20)18-8-6-17(2)7-9-18/h4-5,10,16H,3,6-9,11H2,1-2H3. The normalized spacial score (nSPS) is 18.0. The molecular formula is C14H22BrN3O2S. The van der Waals surface area contributed by atoms with E-state index in [0.717, 1.165) is 31.7 Å². The maximum absolute atomic E-state index is 12.7. The Morgan fingerprint density at radius 1 is 1.24 bits per heavy atom. The largest absolute Gasteiger partial charge is 0.313 e. The van der Waals surface area contributed by atoms with Gasteiger partial charge in [-0.3, -0.25) is 0 Å². The Labute approximate surface area is 135 Å². The highest BCUT2D eigenvalue weighted by Crippen LogP contribution is 2.26. The van der Waals surface area contributed by atoms with Crippen molar-refractivity contribution in [2.75, 3.05) is 39.8 Å². The summed E-state index contributed by atoms with van der Waals surface area (Å²) in [5, 5.41) is 3.23. The minimum absolute atomic E-state index is 0.354. The van der Waals surface area contributed by atoms with Crippen molar-refractivity contribution in [3.63, 3.8) is 0 Å². The first-order valence-corrected chi connectivity index (χ1v) is 9.36. The van der Waals surface area contributed by atoms with Crippen LogP contribution in [-0.4, -0.2) is 57.4 Å². The molecule has 0 bridgehead atoms. The molecule has 1 heterocycles. The zero-order valence-electron chi connectivity index (χ0n) is 12.5. The van der Waals surface area contributed by atoms with E-state index in [0.29, 0.717) is 22.5 Å². The number of benzene rings is 1. The van der Waals surface area contributed by atoms with Crippen molar-refractivity contribution in [2.45, 2.75) is 18.4 Å². The Morgan fingerprint density at radius 2 is 1.90 bits per heavy atom. The summed E-state index contributed by atoms with van der Waals surface area (Å²) in [6.07, 6.45) is 0. The number of nitrogens with one attached hydrogen (secondary N) is 1. The van der Waals surface area contributed by atoms with Crippen LogP contribution in [0.2, 0.25) is 0 Å². The Morgan fingerprint density at radius 3 is 2.48 bits per heavy atom. The van der Waals surface area contributed by atoms with E-state index in [1.165, 1.54) is 0 Å². The van der Waals surface area contributed by atoms with Crippen LogP contribution in [0.3, 0.4) is 0 Å². The van der Waals surface area contributed by atoms with E-state index in [9.17, 15) is 8.42 Å². The molecule has 0 spiro atoms. The second-order valence-corrected chi connectivity index (χ2v) is 8.01. The van der Waals surface area contributed by atoms with E-state index in [-0.39, 0.29) is 0 Å². The lowest BCUT2D eigenvalue weighted by Gasteiger charge is -2.31. The lowest BCUT2D eigenvalue weighted by atomic mass is 10.2. The molecule has 0 unspecified atom stereocenters. The molecule has 0 saturated carbocycles. The molecule has 1 N–H and O–H groups in total. The number of likely N-dealkylation sites (N-methyl/N-ethyl adjacent to an activating group) is 1. The van der Waals surface area contributed by atoms with Crippen LogP contribution in [0.5, 0.6) is 0 Å². The summed E-state index contributed by atoms with van der Waals surface area (Å²) in [6, 6.07) is 5.45. The fourth-order valence-corrected chi connectivity index (χ4v) is 4.81. The molecule has 0 amide bonds. The third-order valence-corrected chi connectivity index (χ3v) is 6.53. The number of hydrogen-bond donors (Lipinski definition) is 1. The molecule has 0 aliphatic carbocycles. The number of sulfonamides is 1. The molecule has 7 heteroatoms. The van der Waals surface area contributed by atoms with Crippen LogP contribution < -0.4 is 5.32 Å². The van der Waals surface area contributed by atoms with Gasteiger partial charge in [0.1, 0.15) is 0 Å². The molecule has 2 rings (SSSR count). The summed E-state index contributed by atoms with van der Waals surface area (Å²) >= 11 is 3.41. The number of nitrogens with zero attached hydrogens (tertiary/aromatic N) is 2. The van der Waals surface area contributed by atoms with Gasteiger partial charge in [-0.15, -0.1) is 0 Å². The number of halogens is 1. The smallest absolute Gasteiger partial charge is 0.244 e. The van der Waals surface area contributed by atoms with Crippen LogP contribution in [-0.2, 0) is 16.6 Å². The van der Waals surface area contributed by atoms with E-state index >= 15 is 0 Å². The van der Waals surface area contributed by atoms with Crippen LogP contribution in [0.25, 0.3) is 0 Å². The Hall–Kier alpha value is -0.470. The van der Waals surface area contributed by atoms with E-state index in [1.54, 1.807) is 10.4 Å². The van der Waals surface area contributed by atoms with Crippen molar-refractivity contribution in [1.82, 2.24) is 14.5 Å². The second-order valence-electron chi connectivity index (χ2n) is 5.25. The lowest BCUT2D eigenvalue weighted by molar-refractivity contribution is 0.222. The predicted octanol–water partition coefficient (Wildman–Crippen LogP) is 1.49. The zero-order chi connectivity index (χ0) is 15.5. The Balaban J connectivity index is 2.20. The molecular weight excluding hydrogens is 354 g/mol. The highest BCUT2D eigenvalue weighted by molar-refractivity contribution is 9.10. The minimum atomic E-state index is -3.41. The first kappa shape index (κ1) is 16.9. The third kappa shape index (κ3) is 4.04. The molecule has 118 valence electrons. The monoisotopic (exact) mass is 375 g/mol. The van der Waals surface area contributed by atoms with Gasteiger partial charge in [0.05, 0.1) is 4.90 Å². The fraction of sp³-hybridized carbons (Fsp3) is 0.571. The van der Waals surface area contributed by atoms with Gasteiger partial charge in [-0.1, -0.05) is 13.0 Å². The second kappa shape index (κ2) is 7.19. The van der Waals surface area contributed by atoms with Crippen molar-refractivity contribution in [2.24, 2.45) is 0 Å². The van der Waals surface area contributed by atoms with Crippen molar-refractivity contribution in [1.29, 1.82) is 0 Å². The first-order chi connectivity index (χ1) is 9.95. The average Bonchev–Trinajstić information content (AvgIpc) is 2.45. The van der Waals surface area contributed by atoms with Gasteiger partial charge in [-0.25, -0.2) is 8.42 Å². The number of rotatable bonds is 5. The van der Waals surface area contributed by atoms with Crippen molar-refractivity contribution >= 4 is 26.0 Å². The fourth-order valence-electron chi connectivity index (χ4n) is 2.30. The molecule has 1 saturated heterocycles. The van der Waals surface area contributed by atoms with Gasteiger partial charge < -0.3 is 10.2 Å². The SMILES string of the molecule is CCNCc1ccc(S(=O)(=O)N2CCN(C)CC2)c(Br)c1. The molecule has 5 nitrogen and oxygen atoms in total. The van der Waals surface area contributed by atoms with Gasteiger partial charge >= 0.3 is 0 Å². The molecule has 1 fully saturated rings. The molecule has 21 heavy (non-hydrogen) atoms. The van der Waals surface area contributed by atoms with Crippen molar-refractivity contribution in [3.05, 3.63) is 28.2 Å². The van der Waals surface area contributed by atoms with Crippen molar-refractivity contribution in [3.8, 4) is 0 Å². The molecule has 1 aliphatic heterocycles. The van der Waals surface area contributed by atoms with Crippen LogP contribution >= 0.6 is 15.9 Å². The zero-order valence-corrected chi connectivity index (χ0v) is 14.9. The van der Waals surface area contributed by atoms with Gasteiger partial charge in [-0.05, 0) is 47.2 Å². The van der Waals surface area contributed by atoms with Crippen molar-refractivity contribution < 1.29 is 8.42 Å². The van der Waals surface area contributed by atoms with E-state index < -0.39 is 10.0 Å². The lowest BCUT2D eigenvalue weighted by Crippen LogP contribution is -2.47. The van der Waals surface area contributed by atoms with Crippen LogP contribution in [0.4, 0.5) is 0 Å². The quantitative estimate of drug-likeness (QED) is 0.846. The number of piperazine rings is 1. The Bertz CT molecular complexity index is 584. The summed E-state index contributed by atoms with van der Waals surface area (Å²) in [5.41, 5.74) is 1.07. The number of hydrogen-bond acceptors (Lipinski definition) is 4. The summed E-state index contributed by atoms with van der Waals surface area (Å²) < 4.78 is 27.6. The topological polar surface area (TPSA) is 52.7 Å². The van der Waals surface area contributed by atoms with Crippen LogP contribution in [0, 0.1) is 0 Å². The predicted molar refractivity (Wildman–Crippen MR) is 87.8 cm³/mol. The molecule has 0 aromatic heterocycles. The van der Waals surface area contributed by atoms with Gasteiger partial charge in [0.2, 0.25) is 10.0 Å². The van der Waals surface area contributed by atoms with Gasteiger partial charge in [-0.2, -0.15) is 4.31 Å². The highest BCUT2D eigenvalue weighted by atomic mass is 79.9. The summed E-state index contributed by atoms with van der Waals surface area (Å²) in [4.78, 5) is 2.49. The molecule has 1 aliphatic rings. The van der Waals surface area contributed by atoms with Crippen LogP contribution in [0.1, 0.15) is 12.5 Å². The Kier molecular flexibility index (Phi) is 5.79. The average molecular weight is 376 g/mol. The highest BCUT2D eigenvalue weighted by Gasteiger charge is 2.28. The molecule has 0 radical (unpaired) electrons. The van der Waals surface area contributed by atoms with Gasteiger partial charge in [0.15, 0.2) is 0 Å². The molecule has 1 aromatic carbocycles. The third-order valence-electron chi connectivity index (χ3n) is 3.66. The maximum atomic E-state index is 12.7. The van der Waals surface area contributed by atoms with Gasteiger partial charge in [0, 0.05) is 37.2 Å². The summed E-state index contributed by atoms with van der Waals surface area (Å²) in [6.45, 7) is 6.31. The maximum Gasteiger partial charge on any atom is 0.244 e. The minimum Gasteiger partial charge on any atom is -0.313 e. The summed E-state index contributed by atoms with van der Waals surface area (Å²) in [7, 11) is -1.40. The van der Waals surface area contributed by atoms with E-state index in [2.05, 4.69) is 26.1 Å².